The van der Waals surface area contributed by atoms with E-state index in [-0.39, 0.29) is 11.2 Å². The van der Waals surface area contributed by atoms with E-state index >= 15 is 0 Å². The van der Waals surface area contributed by atoms with Crippen molar-refractivity contribution < 1.29 is 4.79 Å². The molecule has 0 saturated heterocycles. The minimum Gasteiger partial charge on any atom is -0.352 e. The van der Waals surface area contributed by atoms with Crippen molar-refractivity contribution in [2.75, 3.05) is 0 Å². The van der Waals surface area contributed by atoms with Crippen LogP contribution in [-0.2, 0) is 4.79 Å². The van der Waals surface area contributed by atoms with Crippen molar-refractivity contribution in [1.29, 1.82) is 0 Å². The van der Waals surface area contributed by atoms with E-state index in [2.05, 4.69) is 24.9 Å². The van der Waals surface area contributed by atoms with Crippen LogP contribution in [0.1, 0.15) is 52.4 Å². The first-order valence-corrected chi connectivity index (χ1v) is 7.98. The fourth-order valence-corrected chi connectivity index (χ4v) is 5.27. The molecule has 18 heavy (non-hydrogen) atoms. The van der Waals surface area contributed by atoms with Gasteiger partial charge in [-0.2, -0.15) is 12.6 Å². The zero-order chi connectivity index (χ0) is 12.9. The van der Waals surface area contributed by atoms with Crippen molar-refractivity contribution >= 4 is 18.5 Å². The van der Waals surface area contributed by atoms with Crippen LogP contribution in [0.2, 0.25) is 0 Å². The van der Waals surface area contributed by atoms with E-state index in [0.717, 1.165) is 17.8 Å². The van der Waals surface area contributed by atoms with Crippen molar-refractivity contribution in [3.8, 4) is 0 Å². The molecule has 0 heterocycles. The lowest BCUT2D eigenvalue weighted by atomic mass is 9.48. The molecule has 4 aliphatic carbocycles. The maximum atomic E-state index is 11.9. The minimum absolute atomic E-state index is 0.0987. The Morgan fingerprint density at radius 3 is 1.94 bits per heavy atom. The molecule has 102 valence electrons. The molecule has 0 spiro atoms. The van der Waals surface area contributed by atoms with Crippen molar-refractivity contribution in [1.82, 2.24) is 5.32 Å². The normalized spacial score (nSPS) is 44.7. The van der Waals surface area contributed by atoms with Gasteiger partial charge in [0.1, 0.15) is 0 Å². The fraction of sp³-hybridized carbons (Fsp3) is 0.933. The number of carbonyl (C=O) groups excluding carboxylic acids is 1. The van der Waals surface area contributed by atoms with Gasteiger partial charge in [0.25, 0.3) is 0 Å². The van der Waals surface area contributed by atoms with Crippen LogP contribution in [-0.4, -0.2) is 17.2 Å². The van der Waals surface area contributed by atoms with Gasteiger partial charge in [-0.05, 0) is 75.5 Å². The molecule has 2 unspecified atom stereocenters. The molecule has 4 bridgehead atoms. The monoisotopic (exact) mass is 267 g/mol. The molecule has 0 aromatic rings. The van der Waals surface area contributed by atoms with Gasteiger partial charge in [0, 0.05) is 6.04 Å². The fourth-order valence-electron chi connectivity index (χ4n) is 5.20. The Hall–Kier alpha value is -0.180. The van der Waals surface area contributed by atoms with Crippen molar-refractivity contribution in [3.05, 3.63) is 0 Å². The first kappa shape index (κ1) is 12.8. The molecule has 1 amide bonds. The Bertz CT molecular complexity index is 317. The van der Waals surface area contributed by atoms with Crippen LogP contribution in [0.4, 0.5) is 0 Å². The molecule has 4 rings (SSSR count). The number of amides is 1. The first-order chi connectivity index (χ1) is 8.48. The Morgan fingerprint density at radius 1 is 1.11 bits per heavy atom. The predicted molar refractivity (Wildman–Crippen MR) is 76.7 cm³/mol. The van der Waals surface area contributed by atoms with E-state index < -0.39 is 0 Å². The van der Waals surface area contributed by atoms with Gasteiger partial charge in [0.2, 0.25) is 5.91 Å². The molecule has 4 saturated carbocycles. The second-order valence-electron chi connectivity index (χ2n) is 7.19. The molecule has 0 aliphatic heterocycles. The second kappa shape index (κ2) is 4.43. The van der Waals surface area contributed by atoms with E-state index in [4.69, 9.17) is 0 Å². The number of nitrogens with one attached hydrogen (secondary N) is 1. The lowest BCUT2D eigenvalue weighted by molar-refractivity contribution is -0.125. The number of thiol groups is 1. The molecule has 0 aromatic carbocycles. The Kier molecular flexibility index (Phi) is 3.16. The van der Waals surface area contributed by atoms with E-state index in [1.807, 2.05) is 6.92 Å². The molecule has 2 atom stereocenters. The maximum Gasteiger partial charge on any atom is 0.232 e. The van der Waals surface area contributed by atoms with Gasteiger partial charge in [-0.15, -0.1) is 0 Å². The number of hydrogen-bond acceptors (Lipinski definition) is 2. The average Bonchev–Trinajstić information content (AvgIpc) is 2.26. The molecular weight excluding hydrogens is 242 g/mol. The summed E-state index contributed by atoms with van der Waals surface area (Å²) in [7, 11) is 0. The third-order valence-electron chi connectivity index (χ3n) is 5.74. The third kappa shape index (κ3) is 2.09. The van der Waals surface area contributed by atoms with E-state index in [1.54, 1.807) is 0 Å². The third-order valence-corrected chi connectivity index (χ3v) is 5.98. The predicted octanol–water partition coefficient (Wildman–Crippen LogP) is 3.03. The molecule has 3 heteroatoms. The zero-order valence-corrected chi connectivity index (χ0v) is 12.4. The average molecular weight is 267 g/mol. The van der Waals surface area contributed by atoms with Crippen LogP contribution >= 0.6 is 12.6 Å². The van der Waals surface area contributed by atoms with E-state index in [9.17, 15) is 4.79 Å². The van der Waals surface area contributed by atoms with E-state index in [0.29, 0.717) is 11.5 Å². The molecular formula is C15H25NOS. The number of rotatable bonds is 3. The molecule has 0 aromatic heterocycles. The van der Waals surface area contributed by atoms with Crippen LogP contribution < -0.4 is 5.32 Å². The summed E-state index contributed by atoms with van der Waals surface area (Å²) in [6, 6.07) is 0.327. The van der Waals surface area contributed by atoms with E-state index in [1.165, 1.54) is 38.5 Å². The van der Waals surface area contributed by atoms with Crippen molar-refractivity contribution in [2.24, 2.45) is 23.2 Å². The smallest absolute Gasteiger partial charge is 0.232 e. The van der Waals surface area contributed by atoms with Crippen LogP contribution in [0.25, 0.3) is 0 Å². The standard InChI is InChI=1S/C15H25NOS/c1-9(18)14(17)16-10(2)15-6-11-3-12(7-15)5-13(4-11)8-15/h9-13,18H,3-8H2,1-2H3,(H,16,17). The summed E-state index contributed by atoms with van der Waals surface area (Å²) in [4.78, 5) is 11.9. The van der Waals surface area contributed by atoms with Gasteiger partial charge in [0.05, 0.1) is 5.25 Å². The molecule has 2 nitrogen and oxygen atoms in total. The van der Waals surface area contributed by atoms with Gasteiger partial charge >= 0.3 is 0 Å². The summed E-state index contributed by atoms with van der Waals surface area (Å²) < 4.78 is 0. The molecule has 1 N–H and O–H groups in total. The van der Waals surface area contributed by atoms with Gasteiger partial charge < -0.3 is 5.32 Å². The highest BCUT2D eigenvalue weighted by Gasteiger charge is 2.53. The SMILES string of the molecule is CC(S)C(=O)NC(C)C12CC3CC(CC(C3)C1)C2. The van der Waals surface area contributed by atoms with Crippen molar-refractivity contribution in [2.45, 2.75) is 63.7 Å². The summed E-state index contributed by atoms with van der Waals surface area (Å²) in [6.07, 6.45) is 8.43. The lowest BCUT2D eigenvalue weighted by Crippen LogP contribution is -2.56. The molecule has 0 radical (unpaired) electrons. The topological polar surface area (TPSA) is 29.1 Å². The highest BCUT2D eigenvalue weighted by Crippen LogP contribution is 2.61. The van der Waals surface area contributed by atoms with Crippen LogP contribution in [0.3, 0.4) is 0 Å². The lowest BCUT2D eigenvalue weighted by Gasteiger charge is -2.59. The maximum absolute atomic E-state index is 11.9. The molecule has 4 fully saturated rings. The molecule has 4 aliphatic rings. The number of carbonyl (C=O) groups is 1. The minimum atomic E-state index is -0.193. The largest absolute Gasteiger partial charge is 0.352 e. The summed E-state index contributed by atoms with van der Waals surface area (Å²) in [6.45, 7) is 4.08. The highest BCUT2D eigenvalue weighted by atomic mass is 32.1. The summed E-state index contributed by atoms with van der Waals surface area (Å²) in [5, 5.41) is 3.03. The quantitative estimate of drug-likeness (QED) is 0.756. The summed E-state index contributed by atoms with van der Waals surface area (Å²) in [5.41, 5.74) is 0.410. The van der Waals surface area contributed by atoms with Crippen LogP contribution in [0.5, 0.6) is 0 Å². The van der Waals surface area contributed by atoms with Gasteiger partial charge in [-0.1, -0.05) is 0 Å². The summed E-state index contributed by atoms with van der Waals surface area (Å²) >= 11 is 4.23. The van der Waals surface area contributed by atoms with Gasteiger partial charge in [0.15, 0.2) is 0 Å². The van der Waals surface area contributed by atoms with Crippen LogP contribution in [0, 0.1) is 23.2 Å². The van der Waals surface area contributed by atoms with Crippen molar-refractivity contribution in [3.63, 3.8) is 0 Å². The highest BCUT2D eigenvalue weighted by molar-refractivity contribution is 7.81. The summed E-state index contributed by atoms with van der Waals surface area (Å²) in [5.74, 6) is 2.94. The van der Waals surface area contributed by atoms with Gasteiger partial charge in [-0.3, -0.25) is 4.79 Å². The second-order valence-corrected chi connectivity index (χ2v) is 7.96. The van der Waals surface area contributed by atoms with Gasteiger partial charge in [-0.25, -0.2) is 0 Å². The Labute approximate surface area is 116 Å². The Morgan fingerprint density at radius 2 is 1.56 bits per heavy atom. The zero-order valence-electron chi connectivity index (χ0n) is 11.5. The Balaban J connectivity index is 1.73. The first-order valence-electron chi connectivity index (χ1n) is 7.47. The number of hydrogen-bond donors (Lipinski definition) is 2. The van der Waals surface area contributed by atoms with Crippen LogP contribution in [0.15, 0.2) is 0 Å².